The first-order valence-corrected chi connectivity index (χ1v) is 6.84. The van der Waals surface area contributed by atoms with Crippen LogP contribution in [0.5, 0.6) is 0 Å². The number of hydrogen-bond donors (Lipinski definition) is 1. The molecular formula is C9H16N4O2S2. The highest BCUT2D eigenvalue weighted by Crippen LogP contribution is 2.14. The Morgan fingerprint density at radius 1 is 1.71 bits per heavy atom. The molecule has 0 bridgehead atoms. The van der Waals surface area contributed by atoms with Crippen LogP contribution in [-0.2, 0) is 17.1 Å². The fourth-order valence-electron chi connectivity index (χ4n) is 1.29. The maximum Gasteiger partial charge on any atom is 0.245 e. The lowest BCUT2D eigenvalue weighted by Crippen LogP contribution is -2.35. The molecule has 6 nitrogen and oxygen atoms in total. The monoisotopic (exact) mass is 276 g/mol. The molecule has 8 heteroatoms. The Hall–Kier alpha value is -0.990. The zero-order valence-electron chi connectivity index (χ0n) is 9.99. The van der Waals surface area contributed by atoms with Gasteiger partial charge in [0.25, 0.3) is 0 Å². The van der Waals surface area contributed by atoms with Crippen LogP contribution in [0.25, 0.3) is 0 Å². The minimum Gasteiger partial charge on any atom is -0.393 e. The lowest BCUT2D eigenvalue weighted by molar-refractivity contribution is 0.445. The van der Waals surface area contributed by atoms with Gasteiger partial charge in [0.15, 0.2) is 0 Å². The minimum atomic E-state index is -3.51. The Morgan fingerprint density at radius 2 is 2.29 bits per heavy atom. The predicted molar refractivity (Wildman–Crippen MR) is 69.0 cm³/mol. The van der Waals surface area contributed by atoms with Gasteiger partial charge >= 0.3 is 0 Å². The molecule has 0 fully saturated rings. The largest absolute Gasteiger partial charge is 0.393 e. The molecule has 1 unspecified atom stereocenters. The van der Waals surface area contributed by atoms with E-state index < -0.39 is 10.0 Å². The molecule has 0 radical (unpaired) electrons. The Balaban J connectivity index is 2.88. The van der Waals surface area contributed by atoms with Crippen molar-refractivity contribution in [1.29, 1.82) is 0 Å². The molecule has 0 aliphatic carbocycles. The quantitative estimate of drug-likeness (QED) is 0.763. The summed E-state index contributed by atoms with van der Waals surface area (Å²) in [5.41, 5.74) is 5.46. The van der Waals surface area contributed by atoms with Gasteiger partial charge in [-0.15, -0.1) is 0 Å². The normalized spacial score (nSPS) is 13.9. The SMILES string of the molecule is CC(CN(C)S(=O)(=O)c1cnn(C)c1)C(N)=S. The van der Waals surface area contributed by atoms with E-state index in [1.165, 1.54) is 28.4 Å². The highest BCUT2D eigenvalue weighted by atomic mass is 32.2. The number of thiocarbonyl (C=S) groups is 1. The number of aromatic nitrogens is 2. The van der Waals surface area contributed by atoms with E-state index in [1.807, 2.05) is 0 Å². The fourth-order valence-corrected chi connectivity index (χ4v) is 2.61. The first-order chi connectivity index (χ1) is 7.75. The van der Waals surface area contributed by atoms with E-state index in [9.17, 15) is 8.42 Å². The molecule has 0 spiro atoms. The van der Waals surface area contributed by atoms with Crippen molar-refractivity contribution in [3.8, 4) is 0 Å². The smallest absolute Gasteiger partial charge is 0.245 e. The maximum atomic E-state index is 12.1. The topological polar surface area (TPSA) is 81.2 Å². The van der Waals surface area contributed by atoms with Crippen molar-refractivity contribution in [2.45, 2.75) is 11.8 Å². The summed E-state index contributed by atoms with van der Waals surface area (Å²) in [7, 11) is -0.351. The number of rotatable bonds is 5. The summed E-state index contributed by atoms with van der Waals surface area (Å²) in [6, 6.07) is 0. The van der Waals surface area contributed by atoms with E-state index in [-0.39, 0.29) is 17.4 Å². The van der Waals surface area contributed by atoms with Crippen LogP contribution < -0.4 is 5.73 Å². The molecule has 96 valence electrons. The number of hydrogen-bond acceptors (Lipinski definition) is 4. The molecule has 0 aliphatic heterocycles. The molecule has 0 saturated carbocycles. The standard InChI is InChI=1S/C9H16N4O2S2/c1-7(9(10)16)5-13(3)17(14,15)8-4-11-12(2)6-8/h4,6-7H,5H2,1-3H3,(H2,10,16). The maximum absolute atomic E-state index is 12.1. The molecule has 0 aliphatic rings. The van der Waals surface area contributed by atoms with E-state index in [0.717, 1.165) is 0 Å². The molecule has 1 rings (SSSR count). The van der Waals surface area contributed by atoms with Gasteiger partial charge in [-0.2, -0.15) is 5.10 Å². The first-order valence-electron chi connectivity index (χ1n) is 4.99. The Kier molecular flexibility index (Phi) is 4.23. The van der Waals surface area contributed by atoms with Gasteiger partial charge in [-0.05, 0) is 0 Å². The second-order valence-electron chi connectivity index (χ2n) is 3.94. The second-order valence-corrected chi connectivity index (χ2v) is 6.45. The van der Waals surface area contributed by atoms with Gasteiger partial charge in [0.2, 0.25) is 10.0 Å². The van der Waals surface area contributed by atoms with Gasteiger partial charge in [0.05, 0.1) is 11.2 Å². The van der Waals surface area contributed by atoms with Crippen LogP contribution in [0.3, 0.4) is 0 Å². The summed E-state index contributed by atoms with van der Waals surface area (Å²) in [5, 5.41) is 3.84. The summed E-state index contributed by atoms with van der Waals surface area (Å²) < 4.78 is 26.9. The highest BCUT2D eigenvalue weighted by Gasteiger charge is 2.24. The third-order valence-corrected chi connectivity index (χ3v) is 4.58. The zero-order valence-corrected chi connectivity index (χ0v) is 11.6. The summed E-state index contributed by atoms with van der Waals surface area (Å²) in [6.07, 6.45) is 2.77. The van der Waals surface area contributed by atoms with Crippen molar-refractivity contribution < 1.29 is 8.42 Å². The van der Waals surface area contributed by atoms with Gasteiger partial charge in [-0.1, -0.05) is 19.1 Å². The summed E-state index contributed by atoms with van der Waals surface area (Å²) in [6.45, 7) is 2.05. The van der Waals surface area contributed by atoms with E-state index in [2.05, 4.69) is 5.10 Å². The molecule has 17 heavy (non-hydrogen) atoms. The molecule has 1 aromatic heterocycles. The molecule has 1 atom stereocenters. The van der Waals surface area contributed by atoms with Gasteiger partial charge in [0.1, 0.15) is 4.90 Å². The molecule has 1 aromatic rings. The van der Waals surface area contributed by atoms with Crippen LogP contribution in [-0.4, -0.2) is 41.1 Å². The molecule has 2 N–H and O–H groups in total. The Bertz CT molecular complexity index is 509. The summed E-state index contributed by atoms with van der Waals surface area (Å²) in [5.74, 6) is -0.165. The lowest BCUT2D eigenvalue weighted by atomic mass is 10.2. The highest BCUT2D eigenvalue weighted by molar-refractivity contribution is 7.89. The van der Waals surface area contributed by atoms with Crippen LogP contribution in [0.4, 0.5) is 0 Å². The van der Waals surface area contributed by atoms with E-state index in [0.29, 0.717) is 4.99 Å². The number of sulfonamides is 1. The van der Waals surface area contributed by atoms with Gasteiger partial charge in [-0.3, -0.25) is 4.68 Å². The van der Waals surface area contributed by atoms with Crippen molar-refractivity contribution in [2.24, 2.45) is 18.7 Å². The number of aryl methyl sites for hydroxylation is 1. The number of nitrogens with two attached hydrogens (primary N) is 1. The Morgan fingerprint density at radius 3 is 2.71 bits per heavy atom. The van der Waals surface area contributed by atoms with Crippen molar-refractivity contribution in [2.75, 3.05) is 13.6 Å². The van der Waals surface area contributed by atoms with Crippen LogP contribution in [0.1, 0.15) is 6.92 Å². The summed E-state index contributed by atoms with van der Waals surface area (Å²) in [4.78, 5) is 0.468. The van der Waals surface area contributed by atoms with Gasteiger partial charge in [-0.25, -0.2) is 12.7 Å². The second kappa shape index (κ2) is 5.11. The molecule has 0 saturated heterocycles. The van der Waals surface area contributed by atoms with Crippen molar-refractivity contribution >= 4 is 27.2 Å². The predicted octanol–water partition coefficient (Wildman–Crippen LogP) is -0.0372. The lowest BCUT2D eigenvalue weighted by Gasteiger charge is -2.19. The zero-order chi connectivity index (χ0) is 13.2. The molecule has 1 heterocycles. The fraction of sp³-hybridized carbons (Fsp3) is 0.556. The van der Waals surface area contributed by atoms with Crippen LogP contribution in [0.15, 0.2) is 17.3 Å². The van der Waals surface area contributed by atoms with Gasteiger partial charge in [0, 0.05) is 32.8 Å². The Labute approximate surface area is 106 Å². The average Bonchev–Trinajstić information content (AvgIpc) is 2.64. The number of nitrogens with zero attached hydrogens (tertiary/aromatic N) is 3. The van der Waals surface area contributed by atoms with E-state index in [1.54, 1.807) is 14.0 Å². The first kappa shape index (κ1) is 14.1. The van der Waals surface area contributed by atoms with Crippen molar-refractivity contribution in [3.63, 3.8) is 0 Å². The van der Waals surface area contributed by atoms with Crippen LogP contribution in [0, 0.1) is 5.92 Å². The van der Waals surface area contributed by atoms with Gasteiger partial charge < -0.3 is 5.73 Å². The third kappa shape index (κ3) is 3.24. The van der Waals surface area contributed by atoms with E-state index in [4.69, 9.17) is 18.0 Å². The van der Waals surface area contributed by atoms with Crippen molar-refractivity contribution in [3.05, 3.63) is 12.4 Å². The van der Waals surface area contributed by atoms with Crippen molar-refractivity contribution in [1.82, 2.24) is 14.1 Å². The van der Waals surface area contributed by atoms with Crippen LogP contribution >= 0.6 is 12.2 Å². The third-order valence-electron chi connectivity index (χ3n) is 2.41. The van der Waals surface area contributed by atoms with E-state index >= 15 is 0 Å². The minimum absolute atomic E-state index is 0.164. The molecule has 0 amide bonds. The molecular weight excluding hydrogens is 260 g/mol. The average molecular weight is 276 g/mol. The summed E-state index contributed by atoms with van der Waals surface area (Å²) >= 11 is 4.82. The van der Waals surface area contributed by atoms with Crippen LogP contribution in [0.2, 0.25) is 0 Å². The molecule has 0 aromatic carbocycles.